The summed E-state index contributed by atoms with van der Waals surface area (Å²) in [6.07, 6.45) is 2.96. The normalized spacial score (nSPS) is 18.5. The molecular weight excluding hydrogens is 232 g/mol. The van der Waals surface area contributed by atoms with Gasteiger partial charge in [0.25, 0.3) is 5.91 Å². The van der Waals surface area contributed by atoms with Gasteiger partial charge >= 0.3 is 0 Å². The van der Waals surface area contributed by atoms with Gasteiger partial charge in [-0.25, -0.2) is 0 Å². The van der Waals surface area contributed by atoms with E-state index in [4.69, 9.17) is 10.5 Å². The first kappa shape index (κ1) is 11.7. The van der Waals surface area contributed by atoms with Crippen molar-refractivity contribution in [1.29, 1.82) is 0 Å². The molecule has 0 saturated heterocycles. The van der Waals surface area contributed by atoms with E-state index in [9.17, 15) is 4.79 Å². The van der Waals surface area contributed by atoms with E-state index in [1.165, 1.54) is 0 Å². The van der Waals surface area contributed by atoms with Crippen LogP contribution in [0.25, 0.3) is 0 Å². The molecule has 3 N–H and O–H groups in total. The number of carbonyl (C=O) groups excluding carboxylic acids is 1. The standard InChI is InChI=1S/C12H18N4O2/c13-4-5-16-10-3-6-18-7-9(10)11(15-16)12(17)14-8-1-2-8/h8H,1-7,13H2,(H,14,17). The van der Waals surface area contributed by atoms with Crippen LogP contribution in [0.1, 0.15) is 34.6 Å². The summed E-state index contributed by atoms with van der Waals surface area (Å²) in [7, 11) is 0. The quantitative estimate of drug-likeness (QED) is 0.775. The zero-order valence-electron chi connectivity index (χ0n) is 10.3. The number of aromatic nitrogens is 2. The van der Waals surface area contributed by atoms with Gasteiger partial charge < -0.3 is 15.8 Å². The Hall–Kier alpha value is -1.40. The predicted molar refractivity (Wildman–Crippen MR) is 65.1 cm³/mol. The summed E-state index contributed by atoms with van der Waals surface area (Å²) >= 11 is 0. The highest BCUT2D eigenvalue weighted by Crippen LogP contribution is 2.23. The monoisotopic (exact) mass is 250 g/mol. The SMILES string of the molecule is NCCn1nc(C(=O)NC2CC2)c2c1CCOC2. The van der Waals surface area contributed by atoms with Crippen molar-refractivity contribution in [1.82, 2.24) is 15.1 Å². The van der Waals surface area contributed by atoms with Crippen LogP contribution in [0.2, 0.25) is 0 Å². The molecule has 2 aliphatic rings. The Bertz CT molecular complexity index is 465. The van der Waals surface area contributed by atoms with Crippen molar-refractivity contribution >= 4 is 5.91 Å². The van der Waals surface area contributed by atoms with Gasteiger partial charge in [0.2, 0.25) is 0 Å². The minimum absolute atomic E-state index is 0.0741. The molecule has 1 aliphatic heterocycles. The summed E-state index contributed by atoms with van der Waals surface area (Å²) in [6, 6.07) is 0.345. The van der Waals surface area contributed by atoms with Crippen LogP contribution in [0.4, 0.5) is 0 Å². The number of nitrogens with two attached hydrogens (primary N) is 1. The Morgan fingerprint density at radius 3 is 3.11 bits per heavy atom. The molecule has 1 saturated carbocycles. The molecular formula is C12H18N4O2. The van der Waals surface area contributed by atoms with E-state index in [0.717, 1.165) is 30.5 Å². The van der Waals surface area contributed by atoms with Gasteiger partial charge in [-0.15, -0.1) is 0 Å². The zero-order chi connectivity index (χ0) is 12.5. The molecule has 1 aromatic rings. The lowest BCUT2D eigenvalue weighted by molar-refractivity contribution is 0.0922. The fourth-order valence-electron chi connectivity index (χ4n) is 2.28. The van der Waals surface area contributed by atoms with Crippen LogP contribution >= 0.6 is 0 Å². The van der Waals surface area contributed by atoms with E-state index in [1.807, 2.05) is 4.68 Å². The Labute approximate surface area is 105 Å². The number of hydrogen-bond acceptors (Lipinski definition) is 4. The number of nitrogens with one attached hydrogen (secondary N) is 1. The molecule has 0 atom stereocenters. The molecule has 0 unspecified atom stereocenters. The summed E-state index contributed by atoms with van der Waals surface area (Å²) in [5.74, 6) is -0.0741. The van der Waals surface area contributed by atoms with Gasteiger partial charge in [0.05, 0.1) is 19.8 Å². The van der Waals surface area contributed by atoms with Gasteiger partial charge in [-0.2, -0.15) is 5.10 Å². The minimum atomic E-state index is -0.0741. The average Bonchev–Trinajstić information content (AvgIpc) is 3.11. The van der Waals surface area contributed by atoms with Crippen LogP contribution in [-0.4, -0.2) is 34.9 Å². The Morgan fingerprint density at radius 2 is 2.39 bits per heavy atom. The van der Waals surface area contributed by atoms with Crippen LogP contribution in [0.5, 0.6) is 0 Å². The van der Waals surface area contributed by atoms with Crippen LogP contribution in [0.15, 0.2) is 0 Å². The number of nitrogens with zero attached hydrogens (tertiary/aromatic N) is 2. The van der Waals surface area contributed by atoms with Gasteiger partial charge in [-0.1, -0.05) is 0 Å². The van der Waals surface area contributed by atoms with E-state index in [1.54, 1.807) is 0 Å². The molecule has 0 bridgehead atoms. The third-order valence-electron chi connectivity index (χ3n) is 3.36. The lowest BCUT2D eigenvalue weighted by Gasteiger charge is -2.14. The van der Waals surface area contributed by atoms with Crippen LogP contribution in [0.3, 0.4) is 0 Å². The fraction of sp³-hybridized carbons (Fsp3) is 0.667. The Morgan fingerprint density at radius 1 is 1.56 bits per heavy atom. The molecule has 1 aromatic heterocycles. The highest BCUT2D eigenvalue weighted by atomic mass is 16.5. The molecule has 1 aliphatic carbocycles. The smallest absolute Gasteiger partial charge is 0.272 e. The summed E-state index contributed by atoms with van der Waals surface area (Å²) in [5.41, 5.74) is 8.14. The number of hydrogen-bond donors (Lipinski definition) is 2. The summed E-state index contributed by atoms with van der Waals surface area (Å²) in [4.78, 5) is 12.1. The summed E-state index contributed by atoms with van der Waals surface area (Å²) in [6.45, 7) is 2.35. The van der Waals surface area contributed by atoms with Crippen molar-refractivity contribution < 1.29 is 9.53 Å². The number of fused-ring (bicyclic) bond motifs is 1. The van der Waals surface area contributed by atoms with E-state index in [2.05, 4.69) is 10.4 Å². The second kappa shape index (κ2) is 4.70. The maximum absolute atomic E-state index is 12.1. The molecule has 1 fully saturated rings. The topological polar surface area (TPSA) is 82.2 Å². The number of carbonyl (C=O) groups is 1. The van der Waals surface area contributed by atoms with E-state index < -0.39 is 0 Å². The van der Waals surface area contributed by atoms with Gasteiger partial charge in [0.1, 0.15) is 0 Å². The third kappa shape index (κ3) is 2.13. The van der Waals surface area contributed by atoms with Gasteiger partial charge in [-0.05, 0) is 12.8 Å². The molecule has 0 radical (unpaired) electrons. The van der Waals surface area contributed by atoms with E-state index in [-0.39, 0.29) is 5.91 Å². The highest BCUT2D eigenvalue weighted by molar-refractivity contribution is 5.94. The summed E-state index contributed by atoms with van der Waals surface area (Å²) < 4.78 is 7.30. The van der Waals surface area contributed by atoms with Gasteiger partial charge in [0, 0.05) is 30.3 Å². The fourth-order valence-corrected chi connectivity index (χ4v) is 2.28. The average molecular weight is 250 g/mol. The maximum atomic E-state index is 12.1. The summed E-state index contributed by atoms with van der Waals surface area (Å²) in [5, 5.41) is 7.38. The second-order valence-corrected chi connectivity index (χ2v) is 4.84. The molecule has 0 aromatic carbocycles. The molecule has 6 heteroatoms. The minimum Gasteiger partial charge on any atom is -0.376 e. The van der Waals surface area contributed by atoms with Crippen molar-refractivity contribution in [2.24, 2.45) is 5.73 Å². The number of ether oxygens (including phenoxy) is 1. The van der Waals surface area contributed by atoms with Crippen molar-refractivity contribution in [3.8, 4) is 0 Å². The lowest BCUT2D eigenvalue weighted by atomic mass is 10.1. The first-order valence-corrected chi connectivity index (χ1v) is 6.47. The first-order chi connectivity index (χ1) is 8.79. The molecule has 0 spiro atoms. The molecule has 1 amide bonds. The van der Waals surface area contributed by atoms with Gasteiger partial charge in [-0.3, -0.25) is 9.48 Å². The number of rotatable bonds is 4. The largest absolute Gasteiger partial charge is 0.376 e. The Balaban J connectivity index is 1.89. The third-order valence-corrected chi connectivity index (χ3v) is 3.36. The molecule has 98 valence electrons. The lowest BCUT2D eigenvalue weighted by Crippen LogP contribution is -2.27. The molecule has 18 heavy (non-hydrogen) atoms. The predicted octanol–water partition coefficient (Wildman–Crippen LogP) is -0.193. The van der Waals surface area contributed by atoms with Crippen LogP contribution in [0, 0.1) is 0 Å². The molecule has 3 rings (SSSR count). The van der Waals surface area contributed by atoms with Crippen molar-refractivity contribution in [3.05, 3.63) is 17.0 Å². The van der Waals surface area contributed by atoms with Crippen molar-refractivity contribution in [3.63, 3.8) is 0 Å². The Kier molecular flexibility index (Phi) is 3.05. The maximum Gasteiger partial charge on any atom is 0.272 e. The van der Waals surface area contributed by atoms with Crippen LogP contribution in [-0.2, 0) is 24.3 Å². The van der Waals surface area contributed by atoms with Crippen molar-refractivity contribution in [2.75, 3.05) is 13.2 Å². The molecule has 2 heterocycles. The molecule has 6 nitrogen and oxygen atoms in total. The van der Waals surface area contributed by atoms with Gasteiger partial charge in [0.15, 0.2) is 5.69 Å². The van der Waals surface area contributed by atoms with Crippen molar-refractivity contribution in [2.45, 2.75) is 38.5 Å². The number of amides is 1. The first-order valence-electron chi connectivity index (χ1n) is 6.47. The highest BCUT2D eigenvalue weighted by Gasteiger charge is 2.29. The van der Waals surface area contributed by atoms with E-state index in [0.29, 0.717) is 38.0 Å². The second-order valence-electron chi connectivity index (χ2n) is 4.84. The van der Waals surface area contributed by atoms with E-state index >= 15 is 0 Å². The zero-order valence-corrected chi connectivity index (χ0v) is 10.3. The van der Waals surface area contributed by atoms with Crippen LogP contribution < -0.4 is 11.1 Å².